The summed E-state index contributed by atoms with van der Waals surface area (Å²) in [6, 6.07) is 9.04. The molecule has 3 aromatic heterocycles. The lowest BCUT2D eigenvalue weighted by molar-refractivity contribution is -0.124. The maximum Gasteiger partial charge on any atom is 0.358 e. The van der Waals surface area contributed by atoms with Gasteiger partial charge in [0.2, 0.25) is 11.8 Å². The van der Waals surface area contributed by atoms with E-state index in [0.29, 0.717) is 18.5 Å². The van der Waals surface area contributed by atoms with Gasteiger partial charge in [0.1, 0.15) is 17.8 Å². The van der Waals surface area contributed by atoms with Gasteiger partial charge in [-0.05, 0) is 43.0 Å². The van der Waals surface area contributed by atoms with Crippen molar-refractivity contribution in [1.82, 2.24) is 25.2 Å². The second kappa shape index (κ2) is 11.8. The van der Waals surface area contributed by atoms with E-state index in [0.717, 1.165) is 16.5 Å². The van der Waals surface area contributed by atoms with Gasteiger partial charge in [0.05, 0.1) is 11.9 Å². The smallest absolute Gasteiger partial charge is 0.358 e. The van der Waals surface area contributed by atoms with Gasteiger partial charge >= 0.3 is 12.0 Å². The number of benzene rings is 1. The highest BCUT2D eigenvalue weighted by Gasteiger charge is 2.29. The van der Waals surface area contributed by atoms with Gasteiger partial charge in [-0.15, -0.1) is 0 Å². The van der Waals surface area contributed by atoms with E-state index in [1.807, 2.05) is 55.9 Å². The summed E-state index contributed by atoms with van der Waals surface area (Å²) in [5.41, 5.74) is 2.21. The molecule has 4 aromatic rings. The van der Waals surface area contributed by atoms with Gasteiger partial charge < -0.3 is 30.0 Å². The summed E-state index contributed by atoms with van der Waals surface area (Å²) in [4.78, 5) is 46.1. The van der Waals surface area contributed by atoms with Crippen LogP contribution in [-0.4, -0.2) is 43.6 Å². The molecule has 39 heavy (non-hydrogen) atoms. The molecule has 0 radical (unpaired) electrons. The van der Waals surface area contributed by atoms with E-state index in [4.69, 9.17) is 4.42 Å². The number of oxazole rings is 1. The lowest BCUT2D eigenvalue weighted by Crippen LogP contribution is -2.49. The number of pyridine rings is 1. The van der Waals surface area contributed by atoms with Crippen molar-refractivity contribution in [1.29, 1.82) is 0 Å². The minimum atomic E-state index is -1.22. The first kappa shape index (κ1) is 27.4. The molecule has 0 spiro atoms. The fourth-order valence-corrected chi connectivity index (χ4v) is 4.51. The van der Waals surface area contributed by atoms with Crippen molar-refractivity contribution in [3.63, 3.8) is 0 Å². The number of hydrogen-bond donors (Lipinski definition) is 4. The fourth-order valence-electron chi connectivity index (χ4n) is 4.51. The van der Waals surface area contributed by atoms with Crippen LogP contribution in [-0.2, 0) is 18.3 Å². The van der Waals surface area contributed by atoms with Crippen LogP contribution in [0.5, 0.6) is 0 Å². The molecule has 0 fully saturated rings. The summed E-state index contributed by atoms with van der Waals surface area (Å²) in [7, 11) is 1.93. The van der Waals surface area contributed by atoms with Crippen LogP contribution in [0.25, 0.3) is 10.9 Å². The number of nitrogens with one attached hydrogen (secondary N) is 3. The number of urea groups is 1. The maximum atomic E-state index is 13.6. The molecule has 0 saturated carbocycles. The number of anilines is 1. The van der Waals surface area contributed by atoms with E-state index >= 15 is 0 Å². The predicted molar refractivity (Wildman–Crippen MR) is 145 cm³/mol. The summed E-state index contributed by atoms with van der Waals surface area (Å²) < 4.78 is 7.72. The van der Waals surface area contributed by atoms with Crippen LogP contribution in [0.15, 0.2) is 59.4 Å². The topological polar surface area (TPSA) is 151 Å². The first-order valence-electron chi connectivity index (χ1n) is 12.6. The Morgan fingerprint density at radius 1 is 1.10 bits per heavy atom. The van der Waals surface area contributed by atoms with E-state index in [1.54, 1.807) is 18.3 Å². The number of carboxylic acids is 1. The van der Waals surface area contributed by atoms with Gasteiger partial charge in [-0.2, -0.15) is 0 Å². The number of fused-ring (bicyclic) bond motifs is 1. The number of para-hydroxylation sites is 1. The third-order valence-electron chi connectivity index (χ3n) is 6.28. The molecule has 3 amide bonds. The van der Waals surface area contributed by atoms with Crippen molar-refractivity contribution >= 4 is 34.5 Å². The number of carbonyl (C=O) groups is 3. The summed E-state index contributed by atoms with van der Waals surface area (Å²) in [5, 5.41) is 18.9. The van der Waals surface area contributed by atoms with Crippen molar-refractivity contribution in [3.05, 3.63) is 77.9 Å². The first-order valence-corrected chi connectivity index (χ1v) is 12.6. The number of amides is 3. The van der Waals surface area contributed by atoms with E-state index in [1.165, 1.54) is 13.1 Å². The van der Waals surface area contributed by atoms with Crippen LogP contribution in [0.2, 0.25) is 0 Å². The quantitative estimate of drug-likeness (QED) is 0.239. The molecule has 0 aliphatic rings. The average molecular weight is 533 g/mol. The summed E-state index contributed by atoms with van der Waals surface area (Å²) in [6.07, 6.45) is 5.72. The molecule has 11 heteroatoms. The van der Waals surface area contributed by atoms with Crippen LogP contribution in [0.3, 0.4) is 0 Å². The Hall–Kier alpha value is -4.67. The van der Waals surface area contributed by atoms with Gasteiger partial charge in [0.25, 0.3) is 0 Å². The standard InChI is InChI=1S/C28H32N6O5/c1-16(2)12-21(32-28(38)30-19-8-7-11-29-14-19)25(35)31-22(26-33-24(27(36)37)17(3)39-26)13-18-15-34(4)23-10-6-5-9-20(18)23/h5-11,14-16,21-22H,12-13H2,1-4H3,(H,31,35)(H,36,37)(H2,30,32,38)/t21?,22-/m1/s1. The summed E-state index contributed by atoms with van der Waals surface area (Å²) >= 11 is 0. The molecule has 2 atom stereocenters. The molecule has 1 aromatic carbocycles. The summed E-state index contributed by atoms with van der Waals surface area (Å²) in [6.45, 7) is 5.42. The fraction of sp³-hybridized carbons (Fsp3) is 0.321. The normalized spacial score (nSPS) is 12.7. The van der Waals surface area contributed by atoms with Crippen molar-refractivity contribution in [2.45, 2.75) is 45.7 Å². The third-order valence-corrected chi connectivity index (χ3v) is 6.28. The van der Waals surface area contributed by atoms with E-state index in [9.17, 15) is 19.5 Å². The molecule has 4 rings (SSSR count). The number of aromatic carboxylic acids is 1. The van der Waals surface area contributed by atoms with E-state index in [-0.39, 0.29) is 23.3 Å². The number of rotatable bonds is 10. The zero-order valence-electron chi connectivity index (χ0n) is 22.3. The molecule has 4 N–H and O–H groups in total. The van der Waals surface area contributed by atoms with E-state index < -0.39 is 30.0 Å². The second-order valence-corrected chi connectivity index (χ2v) is 9.83. The lowest BCUT2D eigenvalue weighted by Gasteiger charge is -2.23. The molecule has 0 aliphatic heterocycles. The zero-order chi connectivity index (χ0) is 28.1. The Kier molecular flexibility index (Phi) is 8.28. The SMILES string of the molecule is Cc1oc([C@@H](Cc2cn(C)c3ccccc23)NC(=O)C(CC(C)C)NC(=O)Nc2cccnc2)nc1C(=O)O. The second-order valence-electron chi connectivity index (χ2n) is 9.83. The van der Waals surface area contributed by atoms with Crippen molar-refractivity contribution in [2.24, 2.45) is 13.0 Å². The average Bonchev–Trinajstić information content (AvgIpc) is 3.43. The Labute approximate surface area is 225 Å². The van der Waals surface area contributed by atoms with Crippen molar-refractivity contribution < 1.29 is 23.9 Å². The molecule has 1 unspecified atom stereocenters. The number of nitrogens with zero attached hydrogens (tertiary/aromatic N) is 3. The molecule has 0 saturated heterocycles. The van der Waals surface area contributed by atoms with Gasteiger partial charge in [0, 0.05) is 36.8 Å². The van der Waals surface area contributed by atoms with Crippen LogP contribution < -0.4 is 16.0 Å². The number of carboxylic acid groups (broad SMARTS) is 1. The van der Waals surface area contributed by atoms with Gasteiger partial charge in [-0.1, -0.05) is 32.0 Å². The Morgan fingerprint density at radius 3 is 2.54 bits per heavy atom. The highest BCUT2D eigenvalue weighted by molar-refractivity contribution is 5.93. The van der Waals surface area contributed by atoms with Gasteiger partial charge in [-0.3, -0.25) is 9.78 Å². The molecule has 3 heterocycles. The Morgan fingerprint density at radius 2 is 1.87 bits per heavy atom. The minimum Gasteiger partial charge on any atom is -0.476 e. The number of aromatic nitrogens is 3. The minimum absolute atomic E-state index is 0.0780. The number of carbonyl (C=O) groups excluding carboxylic acids is 2. The van der Waals surface area contributed by atoms with E-state index in [2.05, 4.69) is 25.9 Å². The van der Waals surface area contributed by atoms with Crippen LogP contribution in [0.1, 0.15) is 54.0 Å². The molecule has 0 bridgehead atoms. The van der Waals surface area contributed by atoms with Crippen molar-refractivity contribution in [3.8, 4) is 0 Å². The molecule has 0 aliphatic carbocycles. The zero-order valence-corrected chi connectivity index (χ0v) is 22.3. The molecular formula is C28H32N6O5. The predicted octanol–water partition coefficient (Wildman–Crippen LogP) is 4.20. The van der Waals surface area contributed by atoms with Crippen LogP contribution in [0.4, 0.5) is 10.5 Å². The largest absolute Gasteiger partial charge is 0.476 e. The first-order chi connectivity index (χ1) is 18.6. The Bertz CT molecular complexity index is 1480. The van der Waals surface area contributed by atoms with Crippen LogP contribution in [0, 0.1) is 12.8 Å². The summed E-state index contributed by atoms with van der Waals surface area (Å²) in [5.74, 6) is -1.35. The Balaban J connectivity index is 1.61. The highest BCUT2D eigenvalue weighted by atomic mass is 16.4. The third kappa shape index (κ3) is 6.61. The number of aryl methyl sites for hydroxylation is 2. The number of hydrogen-bond acceptors (Lipinski definition) is 6. The highest BCUT2D eigenvalue weighted by Crippen LogP contribution is 2.27. The lowest BCUT2D eigenvalue weighted by atomic mass is 10.0. The van der Waals surface area contributed by atoms with Crippen molar-refractivity contribution in [2.75, 3.05) is 5.32 Å². The molecule has 204 valence electrons. The van der Waals surface area contributed by atoms with Crippen LogP contribution >= 0.6 is 0 Å². The maximum absolute atomic E-state index is 13.6. The molecular weight excluding hydrogens is 500 g/mol. The molecule has 11 nitrogen and oxygen atoms in total. The van der Waals surface area contributed by atoms with Gasteiger partial charge in [0.15, 0.2) is 5.69 Å². The monoisotopic (exact) mass is 532 g/mol. The van der Waals surface area contributed by atoms with Gasteiger partial charge in [-0.25, -0.2) is 14.6 Å².